The summed E-state index contributed by atoms with van der Waals surface area (Å²) < 4.78 is 2.10. The number of carbonyl (C=O) groups is 1. The normalized spacial score (nSPS) is 23.0. The number of thioether (sulfide) groups is 1. The van der Waals surface area contributed by atoms with Gasteiger partial charge in [0.05, 0.1) is 10.5 Å². The lowest BCUT2D eigenvalue weighted by atomic mass is 9.87. The van der Waals surface area contributed by atoms with Crippen LogP contribution in [0.3, 0.4) is 0 Å². The molecule has 2 aromatic rings. The van der Waals surface area contributed by atoms with Crippen LogP contribution in [0.2, 0.25) is 0 Å². The minimum atomic E-state index is -0.181. The van der Waals surface area contributed by atoms with Gasteiger partial charge in [-0.25, -0.2) is 4.98 Å². The molecular weight excluding hydrogens is 440 g/mol. The number of rotatable bonds is 5. The van der Waals surface area contributed by atoms with Gasteiger partial charge in [0.1, 0.15) is 15.8 Å². The van der Waals surface area contributed by atoms with Crippen molar-refractivity contribution in [1.82, 2.24) is 14.3 Å². The monoisotopic (exact) mass is 470 g/mol. The number of nitrogens with zero attached hydrogens (tertiary/aromatic N) is 3. The fraction of sp³-hybridized carbons (Fsp3) is 0.500. The van der Waals surface area contributed by atoms with Gasteiger partial charge < -0.3 is 5.32 Å². The predicted octanol–water partition coefficient (Wildman–Crippen LogP) is 4.85. The fourth-order valence-corrected chi connectivity index (χ4v) is 5.56. The van der Waals surface area contributed by atoms with Gasteiger partial charge in [-0.05, 0) is 62.1 Å². The Morgan fingerprint density at radius 3 is 2.69 bits per heavy atom. The fourth-order valence-electron chi connectivity index (χ4n) is 4.30. The van der Waals surface area contributed by atoms with Crippen LogP contribution in [-0.2, 0) is 4.79 Å². The van der Waals surface area contributed by atoms with Crippen molar-refractivity contribution in [3.05, 3.63) is 44.7 Å². The molecule has 1 aliphatic carbocycles. The van der Waals surface area contributed by atoms with Gasteiger partial charge in [0.2, 0.25) is 0 Å². The van der Waals surface area contributed by atoms with Gasteiger partial charge in [0.15, 0.2) is 0 Å². The number of pyridine rings is 1. The lowest BCUT2D eigenvalue weighted by Gasteiger charge is -2.28. The van der Waals surface area contributed by atoms with Crippen LogP contribution in [0.1, 0.15) is 57.6 Å². The maximum Gasteiger partial charge on any atom is 0.267 e. The van der Waals surface area contributed by atoms with Gasteiger partial charge in [0, 0.05) is 18.8 Å². The third-order valence-electron chi connectivity index (χ3n) is 6.14. The molecule has 0 spiro atoms. The van der Waals surface area contributed by atoms with E-state index < -0.39 is 0 Å². The number of nitrogens with one attached hydrogen (secondary N) is 1. The molecular formula is C24H30N4O2S2. The molecule has 6 nitrogen and oxygen atoms in total. The lowest BCUT2D eigenvalue weighted by Crippen LogP contribution is -2.31. The van der Waals surface area contributed by atoms with E-state index in [-0.39, 0.29) is 17.5 Å². The maximum absolute atomic E-state index is 13.5. The molecule has 1 saturated heterocycles. The van der Waals surface area contributed by atoms with Crippen molar-refractivity contribution in [3.8, 4) is 0 Å². The Morgan fingerprint density at radius 1 is 1.28 bits per heavy atom. The van der Waals surface area contributed by atoms with Crippen molar-refractivity contribution in [2.45, 2.75) is 59.4 Å². The molecule has 1 N–H and O–H groups in total. The summed E-state index contributed by atoms with van der Waals surface area (Å²) in [5.74, 6) is 1.45. The number of thiocarbonyl (C=S) groups is 1. The van der Waals surface area contributed by atoms with Crippen LogP contribution in [-0.4, -0.2) is 37.1 Å². The molecule has 3 heterocycles. The average molecular weight is 471 g/mol. The molecule has 8 heteroatoms. The molecule has 0 aromatic carbocycles. The molecule has 0 bridgehead atoms. The van der Waals surface area contributed by atoms with Crippen LogP contribution < -0.4 is 10.9 Å². The van der Waals surface area contributed by atoms with Crippen LogP contribution in [0.25, 0.3) is 11.7 Å². The van der Waals surface area contributed by atoms with Crippen LogP contribution >= 0.6 is 24.0 Å². The molecule has 1 saturated carbocycles. The third-order valence-corrected chi connectivity index (χ3v) is 7.52. The van der Waals surface area contributed by atoms with Crippen LogP contribution in [0.15, 0.2) is 28.0 Å². The van der Waals surface area contributed by atoms with Gasteiger partial charge in [0.25, 0.3) is 11.5 Å². The summed E-state index contributed by atoms with van der Waals surface area (Å²) >= 11 is 6.70. The first-order valence-electron chi connectivity index (χ1n) is 11.3. The maximum atomic E-state index is 13.5. The highest BCUT2D eigenvalue weighted by Gasteiger charge is 2.33. The van der Waals surface area contributed by atoms with Crippen molar-refractivity contribution in [1.29, 1.82) is 0 Å². The minimum Gasteiger partial charge on any atom is -0.367 e. The van der Waals surface area contributed by atoms with E-state index in [1.165, 1.54) is 11.8 Å². The number of hydrogen-bond donors (Lipinski definition) is 1. The van der Waals surface area contributed by atoms with Crippen LogP contribution in [0, 0.1) is 18.8 Å². The first-order chi connectivity index (χ1) is 15.2. The number of amides is 1. The molecule has 1 aliphatic heterocycles. The summed E-state index contributed by atoms with van der Waals surface area (Å²) in [6.45, 7) is 8.91. The van der Waals surface area contributed by atoms with Gasteiger partial charge >= 0.3 is 0 Å². The summed E-state index contributed by atoms with van der Waals surface area (Å²) in [7, 11) is 0. The van der Waals surface area contributed by atoms with Gasteiger partial charge in [-0.2, -0.15) is 0 Å². The Morgan fingerprint density at radius 2 is 2.00 bits per heavy atom. The van der Waals surface area contributed by atoms with E-state index in [4.69, 9.17) is 17.2 Å². The van der Waals surface area contributed by atoms with E-state index in [1.54, 1.807) is 21.6 Å². The number of fused-ring (bicyclic) bond motifs is 1. The van der Waals surface area contributed by atoms with Crippen molar-refractivity contribution in [2.24, 2.45) is 11.8 Å². The molecule has 2 aliphatic rings. The number of carbonyl (C=O) groups excluding carboxylic acids is 1. The number of aryl methyl sites for hydroxylation is 1. The Balaban J connectivity index is 1.78. The van der Waals surface area contributed by atoms with Crippen LogP contribution in [0.4, 0.5) is 5.82 Å². The van der Waals surface area contributed by atoms with Gasteiger partial charge in [-0.3, -0.25) is 18.9 Å². The second-order valence-electron chi connectivity index (χ2n) is 9.35. The van der Waals surface area contributed by atoms with E-state index in [0.717, 1.165) is 37.2 Å². The molecule has 170 valence electrons. The standard InChI is InChI=1S/C24H30N4O2S2/c1-14(2)13-28-23(30)19(32-24(28)31)12-18-20(25-17-9-7-15(3)8-10-17)26-21-16(4)6-5-11-27(21)22(18)29/h5-6,11-12,14-15,17,25H,7-10,13H2,1-4H3/b19-12+. The summed E-state index contributed by atoms with van der Waals surface area (Å²) in [6.07, 6.45) is 7.82. The lowest BCUT2D eigenvalue weighted by molar-refractivity contribution is -0.122. The predicted molar refractivity (Wildman–Crippen MR) is 136 cm³/mol. The largest absolute Gasteiger partial charge is 0.367 e. The number of hydrogen-bond acceptors (Lipinski definition) is 6. The zero-order chi connectivity index (χ0) is 23.0. The molecule has 1 amide bonds. The topological polar surface area (TPSA) is 66.7 Å². The Bertz CT molecular complexity index is 1150. The second kappa shape index (κ2) is 9.35. The molecule has 2 aromatic heterocycles. The summed E-state index contributed by atoms with van der Waals surface area (Å²) in [5, 5.41) is 3.54. The molecule has 0 unspecified atom stereocenters. The van der Waals surface area contributed by atoms with Gasteiger partial charge in [-0.15, -0.1) is 0 Å². The third kappa shape index (κ3) is 4.62. The van der Waals surface area contributed by atoms with E-state index in [1.807, 2.05) is 19.1 Å². The molecule has 2 fully saturated rings. The van der Waals surface area contributed by atoms with E-state index in [0.29, 0.717) is 38.7 Å². The Labute approximate surface area is 198 Å². The SMILES string of the molecule is Cc1cccn2c(=O)c(/C=C3/SC(=S)N(CC(C)C)C3=O)c(NC3CCC(C)CC3)nc12. The summed E-state index contributed by atoms with van der Waals surface area (Å²) in [6, 6.07) is 4.06. The minimum absolute atomic E-state index is 0.139. The highest BCUT2D eigenvalue weighted by Crippen LogP contribution is 2.34. The van der Waals surface area contributed by atoms with E-state index in [9.17, 15) is 9.59 Å². The summed E-state index contributed by atoms with van der Waals surface area (Å²) in [4.78, 5) is 33.5. The van der Waals surface area contributed by atoms with Gasteiger partial charge in [-0.1, -0.05) is 50.8 Å². The number of anilines is 1. The van der Waals surface area contributed by atoms with Crippen molar-refractivity contribution >= 4 is 51.7 Å². The summed E-state index contributed by atoms with van der Waals surface area (Å²) in [5.41, 5.74) is 1.80. The first-order valence-corrected chi connectivity index (χ1v) is 12.5. The molecule has 32 heavy (non-hydrogen) atoms. The van der Waals surface area contributed by atoms with Crippen molar-refractivity contribution in [2.75, 3.05) is 11.9 Å². The Kier molecular flexibility index (Phi) is 6.72. The number of aromatic nitrogens is 2. The highest BCUT2D eigenvalue weighted by atomic mass is 32.2. The van der Waals surface area contributed by atoms with E-state index >= 15 is 0 Å². The molecule has 0 radical (unpaired) electrons. The highest BCUT2D eigenvalue weighted by molar-refractivity contribution is 8.26. The molecule has 0 atom stereocenters. The average Bonchev–Trinajstić information content (AvgIpc) is 3.00. The zero-order valence-corrected chi connectivity index (χ0v) is 20.7. The van der Waals surface area contributed by atoms with Crippen LogP contribution in [0.5, 0.6) is 0 Å². The van der Waals surface area contributed by atoms with E-state index in [2.05, 4.69) is 26.1 Å². The second-order valence-corrected chi connectivity index (χ2v) is 11.0. The zero-order valence-electron chi connectivity index (χ0n) is 19.1. The van der Waals surface area contributed by atoms with Crippen molar-refractivity contribution in [3.63, 3.8) is 0 Å². The molecule has 4 rings (SSSR count). The quantitative estimate of drug-likeness (QED) is 0.498. The Hall–Kier alpha value is -2.19. The smallest absolute Gasteiger partial charge is 0.267 e. The first kappa shape index (κ1) is 23.0. The van der Waals surface area contributed by atoms with Crippen molar-refractivity contribution < 1.29 is 4.79 Å².